The van der Waals surface area contributed by atoms with Gasteiger partial charge in [-0.25, -0.2) is 0 Å². The Balaban J connectivity index is 3.38. The van der Waals surface area contributed by atoms with E-state index in [2.05, 4.69) is 6.92 Å². The first-order valence-electron chi connectivity index (χ1n) is 5.55. The van der Waals surface area contributed by atoms with Crippen molar-refractivity contribution in [2.24, 2.45) is 5.73 Å². The zero-order valence-corrected chi connectivity index (χ0v) is 10.9. The summed E-state index contributed by atoms with van der Waals surface area (Å²) in [5.74, 6) is 0. The molecule has 0 bridgehead atoms. The maximum absolute atomic E-state index is 5.98. The third-order valence-corrected chi connectivity index (χ3v) is 4.49. The molecule has 4 heteroatoms. The second-order valence-electron chi connectivity index (χ2n) is 3.75. The van der Waals surface area contributed by atoms with Crippen molar-refractivity contribution in [1.82, 2.24) is 0 Å². The molecule has 0 fully saturated rings. The first-order valence-corrected chi connectivity index (χ1v) is 7.31. The predicted octanol–water partition coefficient (Wildman–Crippen LogP) is 1.80. The summed E-state index contributed by atoms with van der Waals surface area (Å²) in [5, 5.41) is 0. The topological polar surface area (TPSA) is 44.5 Å². The second kappa shape index (κ2) is 9.64. The maximum Gasteiger partial charge on any atom is 0.322 e. The molecule has 0 heterocycles. The number of hydrogen-bond acceptors (Lipinski definition) is 3. The van der Waals surface area contributed by atoms with Gasteiger partial charge < -0.3 is 14.6 Å². The molecule has 0 aromatic rings. The van der Waals surface area contributed by atoms with E-state index >= 15 is 0 Å². The van der Waals surface area contributed by atoms with Gasteiger partial charge in [-0.1, -0.05) is 32.6 Å². The lowest BCUT2D eigenvalue weighted by atomic mass is 10.1. The van der Waals surface area contributed by atoms with Crippen LogP contribution < -0.4 is 5.73 Å². The van der Waals surface area contributed by atoms with E-state index in [9.17, 15) is 0 Å². The van der Waals surface area contributed by atoms with E-state index in [4.69, 9.17) is 14.6 Å². The standard InChI is InChI=1S/C10H25NO2Si/c1-4-5-6-7-8-10(11)9-14(12-2)13-3/h10,14H,4-9,11H2,1-3H3. The molecule has 2 N–H and O–H groups in total. The second-order valence-corrected chi connectivity index (χ2v) is 6.02. The third-order valence-electron chi connectivity index (χ3n) is 2.45. The van der Waals surface area contributed by atoms with E-state index in [1.54, 1.807) is 14.2 Å². The molecule has 0 aliphatic carbocycles. The lowest BCUT2D eigenvalue weighted by Gasteiger charge is -2.16. The number of rotatable bonds is 9. The molecule has 86 valence electrons. The van der Waals surface area contributed by atoms with Crippen LogP contribution in [0.15, 0.2) is 0 Å². The zero-order valence-electron chi connectivity index (χ0n) is 9.79. The van der Waals surface area contributed by atoms with Crippen molar-refractivity contribution in [2.75, 3.05) is 14.2 Å². The molecule has 0 radical (unpaired) electrons. The minimum absolute atomic E-state index is 0.267. The Kier molecular flexibility index (Phi) is 9.71. The van der Waals surface area contributed by atoms with Gasteiger partial charge in [0.05, 0.1) is 0 Å². The first kappa shape index (κ1) is 14.1. The van der Waals surface area contributed by atoms with Gasteiger partial charge in [-0.3, -0.25) is 0 Å². The zero-order chi connectivity index (χ0) is 10.8. The van der Waals surface area contributed by atoms with E-state index in [1.165, 1.54) is 25.7 Å². The van der Waals surface area contributed by atoms with Gasteiger partial charge in [0.2, 0.25) is 0 Å². The molecule has 0 aromatic heterocycles. The molecule has 0 spiro atoms. The summed E-state index contributed by atoms with van der Waals surface area (Å²) < 4.78 is 10.5. The Labute approximate surface area is 89.8 Å². The highest BCUT2D eigenvalue weighted by Gasteiger charge is 2.14. The van der Waals surface area contributed by atoms with Gasteiger partial charge >= 0.3 is 9.28 Å². The van der Waals surface area contributed by atoms with Crippen LogP contribution in [0.5, 0.6) is 0 Å². The summed E-state index contributed by atoms with van der Waals surface area (Å²) in [6.07, 6.45) is 6.25. The van der Waals surface area contributed by atoms with Crippen LogP contribution in [0.25, 0.3) is 0 Å². The van der Waals surface area contributed by atoms with Crippen LogP contribution in [0.2, 0.25) is 6.04 Å². The molecule has 0 aliphatic heterocycles. The molecule has 14 heavy (non-hydrogen) atoms. The van der Waals surface area contributed by atoms with Crippen LogP contribution in [0, 0.1) is 0 Å². The van der Waals surface area contributed by atoms with Gasteiger partial charge in [0.25, 0.3) is 0 Å². The van der Waals surface area contributed by atoms with Crippen LogP contribution in [0.3, 0.4) is 0 Å². The molecular weight excluding hydrogens is 194 g/mol. The quantitative estimate of drug-likeness (QED) is 0.475. The van der Waals surface area contributed by atoms with Gasteiger partial charge in [-0.15, -0.1) is 0 Å². The lowest BCUT2D eigenvalue weighted by molar-refractivity contribution is 0.273. The molecular formula is C10H25NO2Si. The SMILES string of the molecule is CCCCCCC(N)C[SiH](OC)OC. The van der Waals surface area contributed by atoms with Gasteiger partial charge in [-0.2, -0.15) is 0 Å². The van der Waals surface area contributed by atoms with Crippen molar-refractivity contribution in [3.05, 3.63) is 0 Å². The summed E-state index contributed by atoms with van der Waals surface area (Å²) in [6.45, 7) is 2.22. The van der Waals surface area contributed by atoms with Crippen LogP contribution in [0.1, 0.15) is 39.0 Å². The third kappa shape index (κ3) is 7.50. The van der Waals surface area contributed by atoms with Gasteiger partial charge in [0.1, 0.15) is 0 Å². The molecule has 0 amide bonds. The van der Waals surface area contributed by atoms with Gasteiger partial charge in [-0.05, 0) is 6.42 Å². The fraction of sp³-hybridized carbons (Fsp3) is 1.00. The Morgan fingerprint density at radius 1 is 1.14 bits per heavy atom. The Morgan fingerprint density at radius 3 is 2.29 bits per heavy atom. The number of unbranched alkanes of at least 4 members (excludes halogenated alkanes) is 3. The predicted molar refractivity (Wildman–Crippen MR) is 62.7 cm³/mol. The summed E-state index contributed by atoms with van der Waals surface area (Å²) >= 11 is 0. The molecule has 1 atom stereocenters. The van der Waals surface area contributed by atoms with Crippen molar-refractivity contribution < 1.29 is 8.85 Å². The fourth-order valence-corrected chi connectivity index (χ4v) is 2.79. The highest BCUT2D eigenvalue weighted by molar-refractivity contribution is 6.44. The van der Waals surface area contributed by atoms with Crippen LogP contribution >= 0.6 is 0 Å². The van der Waals surface area contributed by atoms with Crippen molar-refractivity contribution in [3.63, 3.8) is 0 Å². The molecule has 0 saturated heterocycles. The molecule has 0 saturated carbocycles. The van der Waals surface area contributed by atoms with E-state index in [1.807, 2.05) is 0 Å². The van der Waals surface area contributed by atoms with Crippen LogP contribution in [0.4, 0.5) is 0 Å². The first-order chi connectivity index (χ1) is 6.74. The highest BCUT2D eigenvalue weighted by atomic mass is 28.3. The van der Waals surface area contributed by atoms with Crippen LogP contribution in [-0.2, 0) is 8.85 Å². The largest absolute Gasteiger partial charge is 0.400 e. The van der Waals surface area contributed by atoms with Gasteiger partial charge in [0.15, 0.2) is 0 Å². The Morgan fingerprint density at radius 2 is 1.79 bits per heavy atom. The molecule has 0 aromatic carbocycles. The van der Waals surface area contributed by atoms with Crippen molar-refractivity contribution in [2.45, 2.75) is 51.1 Å². The monoisotopic (exact) mass is 219 g/mol. The van der Waals surface area contributed by atoms with Gasteiger partial charge in [0, 0.05) is 26.3 Å². The van der Waals surface area contributed by atoms with E-state index in [0.29, 0.717) is 0 Å². The van der Waals surface area contributed by atoms with Crippen molar-refractivity contribution in [3.8, 4) is 0 Å². The summed E-state index contributed by atoms with van der Waals surface area (Å²) in [7, 11) is 1.99. The smallest absolute Gasteiger partial charge is 0.322 e. The minimum Gasteiger partial charge on any atom is -0.400 e. The lowest BCUT2D eigenvalue weighted by Crippen LogP contribution is -2.30. The molecule has 0 aliphatic rings. The number of hydrogen-bond donors (Lipinski definition) is 1. The average molecular weight is 219 g/mol. The Hall–Kier alpha value is 0.0969. The molecule has 3 nitrogen and oxygen atoms in total. The van der Waals surface area contributed by atoms with E-state index in [-0.39, 0.29) is 6.04 Å². The maximum atomic E-state index is 5.98. The van der Waals surface area contributed by atoms with E-state index < -0.39 is 9.28 Å². The van der Waals surface area contributed by atoms with Crippen LogP contribution in [-0.4, -0.2) is 29.5 Å². The molecule has 1 unspecified atom stereocenters. The summed E-state index contributed by atoms with van der Waals surface area (Å²) in [6, 6.07) is 1.20. The van der Waals surface area contributed by atoms with Crippen molar-refractivity contribution in [1.29, 1.82) is 0 Å². The number of nitrogens with two attached hydrogens (primary N) is 1. The fourth-order valence-electron chi connectivity index (χ4n) is 1.49. The Bertz CT molecular complexity index is 121. The minimum atomic E-state index is -1.43. The normalized spacial score (nSPS) is 13.5. The van der Waals surface area contributed by atoms with Crippen molar-refractivity contribution >= 4 is 9.28 Å². The summed E-state index contributed by atoms with van der Waals surface area (Å²) in [5.41, 5.74) is 5.98. The average Bonchev–Trinajstić information content (AvgIpc) is 2.21. The molecule has 0 rings (SSSR count). The van der Waals surface area contributed by atoms with E-state index in [0.717, 1.165) is 12.5 Å². The summed E-state index contributed by atoms with van der Waals surface area (Å²) in [4.78, 5) is 0. The highest BCUT2D eigenvalue weighted by Crippen LogP contribution is 2.08.